The summed E-state index contributed by atoms with van der Waals surface area (Å²) in [6.45, 7) is 7.51. The van der Waals surface area contributed by atoms with E-state index in [1.54, 1.807) is 0 Å². The van der Waals surface area contributed by atoms with E-state index in [0.29, 0.717) is 12.0 Å². The van der Waals surface area contributed by atoms with Gasteiger partial charge in [0.25, 0.3) is 0 Å². The zero-order valence-corrected chi connectivity index (χ0v) is 11.1. The van der Waals surface area contributed by atoms with E-state index in [0.717, 1.165) is 12.2 Å². The van der Waals surface area contributed by atoms with Crippen LogP contribution < -0.4 is 5.32 Å². The Labute approximate surface area is 103 Å². The minimum atomic E-state index is 0.510. The molecule has 17 heavy (non-hydrogen) atoms. The number of hydrogen-bond donors (Lipinski definition) is 1. The first-order valence-electron chi connectivity index (χ1n) is 6.23. The SMILES string of the molecule is CC(C)C(C)NCc1nn(C)c2ccccc12. The van der Waals surface area contributed by atoms with Crippen LogP contribution >= 0.6 is 0 Å². The van der Waals surface area contributed by atoms with Gasteiger partial charge in [-0.15, -0.1) is 0 Å². The molecular weight excluding hydrogens is 210 g/mol. The van der Waals surface area contributed by atoms with Crippen LogP contribution in [0.5, 0.6) is 0 Å². The molecule has 0 radical (unpaired) electrons. The molecular formula is C14H21N3. The highest BCUT2D eigenvalue weighted by Crippen LogP contribution is 2.17. The quantitative estimate of drug-likeness (QED) is 0.876. The third-order valence-electron chi connectivity index (χ3n) is 3.43. The summed E-state index contributed by atoms with van der Waals surface area (Å²) in [6, 6.07) is 8.88. The highest BCUT2D eigenvalue weighted by Gasteiger charge is 2.10. The molecule has 0 aliphatic heterocycles. The van der Waals surface area contributed by atoms with Crippen molar-refractivity contribution >= 4 is 10.9 Å². The lowest BCUT2D eigenvalue weighted by molar-refractivity contribution is 0.423. The lowest BCUT2D eigenvalue weighted by atomic mass is 10.1. The second-order valence-electron chi connectivity index (χ2n) is 5.00. The molecule has 3 nitrogen and oxygen atoms in total. The number of para-hydroxylation sites is 1. The number of fused-ring (bicyclic) bond motifs is 1. The summed E-state index contributed by atoms with van der Waals surface area (Å²) in [5, 5.41) is 9.35. The van der Waals surface area contributed by atoms with Crippen molar-refractivity contribution in [1.29, 1.82) is 0 Å². The second kappa shape index (κ2) is 4.88. The van der Waals surface area contributed by atoms with Crippen molar-refractivity contribution in [1.82, 2.24) is 15.1 Å². The summed E-state index contributed by atoms with van der Waals surface area (Å²) in [5.74, 6) is 0.643. The van der Waals surface area contributed by atoms with Crippen molar-refractivity contribution in [2.75, 3.05) is 0 Å². The molecule has 3 heteroatoms. The number of aromatic nitrogens is 2. The summed E-state index contributed by atoms with van der Waals surface area (Å²) >= 11 is 0. The van der Waals surface area contributed by atoms with Gasteiger partial charge in [0.2, 0.25) is 0 Å². The van der Waals surface area contributed by atoms with E-state index >= 15 is 0 Å². The van der Waals surface area contributed by atoms with Gasteiger partial charge in [0.15, 0.2) is 0 Å². The predicted octanol–water partition coefficient (Wildman–Crippen LogP) is 2.71. The Balaban J connectivity index is 2.19. The van der Waals surface area contributed by atoms with E-state index in [9.17, 15) is 0 Å². The van der Waals surface area contributed by atoms with Gasteiger partial charge < -0.3 is 5.32 Å². The Morgan fingerprint density at radius 3 is 2.65 bits per heavy atom. The average Bonchev–Trinajstić information content (AvgIpc) is 2.64. The Morgan fingerprint density at radius 1 is 1.24 bits per heavy atom. The highest BCUT2D eigenvalue weighted by molar-refractivity contribution is 5.81. The maximum Gasteiger partial charge on any atom is 0.0841 e. The maximum absolute atomic E-state index is 4.58. The lowest BCUT2D eigenvalue weighted by Gasteiger charge is -2.16. The zero-order chi connectivity index (χ0) is 12.4. The molecule has 2 rings (SSSR count). The predicted molar refractivity (Wildman–Crippen MR) is 71.9 cm³/mol. The minimum absolute atomic E-state index is 0.510. The number of hydrogen-bond acceptors (Lipinski definition) is 2. The number of aryl methyl sites for hydroxylation is 1. The van der Waals surface area contributed by atoms with E-state index in [-0.39, 0.29) is 0 Å². The number of nitrogens with zero attached hydrogens (tertiary/aromatic N) is 2. The van der Waals surface area contributed by atoms with Crippen molar-refractivity contribution in [2.24, 2.45) is 13.0 Å². The van der Waals surface area contributed by atoms with Gasteiger partial charge in [-0.1, -0.05) is 32.0 Å². The van der Waals surface area contributed by atoms with Crippen LogP contribution in [0.1, 0.15) is 26.5 Å². The van der Waals surface area contributed by atoms with E-state index in [1.165, 1.54) is 10.9 Å². The number of benzene rings is 1. The molecule has 1 aromatic heterocycles. The molecule has 0 fully saturated rings. The molecule has 1 heterocycles. The van der Waals surface area contributed by atoms with E-state index in [4.69, 9.17) is 0 Å². The number of rotatable bonds is 4. The molecule has 1 aromatic carbocycles. The van der Waals surface area contributed by atoms with Gasteiger partial charge >= 0.3 is 0 Å². The normalized spacial score (nSPS) is 13.5. The van der Waals surface area contributed by atoms with Crippen molar-refractivity contribution in [2.45, 2.75) is 33.4 Å². The Kier molecular flexibility index (Phi) is 3.48. The van der Waals surface area contributed by atoms with Gasteiger partial charge in [-0.25, -0.2) is 0 Å². The van der Waals surface area contributed by atoms with Crippen LogP contribution in [-0.4, -0.2) is 15.8 Å². The molecule has 0 amide bonds. The van der Waals surface area contributed by atoms with Gasteiger partial charge in [0.1, 0.15) is 0 Å². The molecule has 92 valence electrons. The lowest BCUT2D eigenvalue weighted by Crippen LogP contribution is -2.30. The van der Waals surface area contributed by atoms with Crippen LogP contribution in [-0.2, 0) is 13.6 Å². The van der Waals surface area contributed by atoms with Crippen LogP contribution in [0, 0.1) is 5.92 Å². The largest absolute Gasteiger partial charge is 0.308 e. The zero-order valence-electron chi connectivity index (χ0n) is 11.1. The van der Waals surface area contributed by atoms with Crippen molar-refractivity contribution in [3.63, 3.8) is 0 Å². The summed E-state index contributed by atoms with van der Waals surface area (Å²) < 4.78 is 1.95. The summed E-state index contributed by atoms with van der Waals surface area (Å²) in [6.07, 6.45) is 0. The van der Waals surface area contributed by atoms with Crippen molar-refractivity contribution < 1.29 is 0 Å². The van der Waals surface area contributed by atoms with Crippen LogP contribution in [0.3, 0.4) is 0 Å². The van der Waals surface area contributed by atoms with Gasteiger partial charge in [-0.05, 0) is 18.9 Å². The first-order valence-corrected chi connectivity index (χ1v) is 6.23. The van der Waals surface area contributed by atoms with Crippen LogP contribution in [0.25, 0.3) is 10.9 Å². The molecule has 0 bridgehead atoms. The third kappa shape index (κ3) is 2.50. The molecule has 0 saturated carbocycles. The van der Waals surface area contributed by atoms with Crippen LogP contribution in [0.2, 0.25) is 0 Å². The van der Waals surface area contributed by atoms with Crippen LogP contribution in [0.15, 0.2) is 24.3 Å². The fourth-order valence-corrected chi connectivity index (χ4v) is 1.91. The molecule has 0 saturated heterocycles. The van der Waals surface area contributed by atoms with Crippen LogP contribution in [0.4, 0.5) is 0 Å². The Morgan fingerprint density at radius 2 is 1.94 bits per heavy atom. The number of nitrogens with one attached hydrogen (secondary N) is 1. The van der Waals surface area contributed by atoms with Gasteiger partial charge in [-0.2, -0.15) is 5.10 Å². The van der Waals surface area contributed by atoms with E-state index in [2.05, 4.69) is 55.5 Å². The molecule has 0 spiro atoms. The molecule has 1 atom stereocenters. The minimum Gasteiger partial charge on any atom is -0.308 e. The molecule has 0 aliphatic carbocycles. The highest BCUT2D eigenvalue weighted by atomic mass is 15.3. The standard InChI is InChI=1S/C14H21N3/c1-10(2)11(3)15-9-13-12-7-5-6-8-14(12)17(4)16-13/h5-8,10-11,15H,9H2,1-4H3. The first kappa shape index (κ1) is 12.1. The van der Waals surface area contributed by atoms with E-state index in [1.807, 2.05) is 11.7 Å². The topological polar surface area (TPSA) is 29.9 Å². The van der Waals surface area contributed by atoms with E-state index < -0.39 is 0 Å². The molecule has 0 aliphatic rings. The fourth-order valence-electron chi connectivity index (χ4n) is 1.91. The monoisotopic (exact) mass is 231 g/mol. The smallest absolute Gasteiger partial charge is 0.0841 e. The third-order valence-corrected chi connectivity index (χ3v) is 3.43. The van der Waals surface area contributed by atoms with Crippen molar-refractivity contribution in [3.05, 3.63) is 30.0 Å². The first-order chi connectivity index (χ1) is 8.09. The summed E-state index contributed by atoms with van der Waals surface area (Å²) in [5.41, 5.74) is 2.33. The van der Waals surface area contributed by atoms with Gasteiger partial charge in [-0.3, -0.25) is 4.68 Å². The maximum atomic E-state index is 4.58. The van der Waals surface area contributed by atoms with Gasteiger partial charge in [0.05, 0.1) is 11.2 Å². The molecule has 1 N–H and O–H groups in total. The average molecular weight is 231 g/mol. The Hall–Kier alpha value is -1.35. The van der Waals surface area contributed by atoms with Crippen molar-refractivity contribution in [3.8, 4) is 0 Å². The Bertz CT molecular complexity index is 499. The summed E-state index contributed by atoms with van der Waals surface area (Å²) in [4.78, 5) is 0. The second-order valence-corrected chi connectivity index (χ2v) is 5.00. The summed E-state index contributed by atoms with van der Waals surface area (Å²) in [7, 11) is 2.00. The molecule has 1 unspecified atom stereocenters. The fraction of sp³-hybridized carbons (Fsp3) is 0.500. The molecule has 2 aromatic rings. The van der Waals surface area contributed by atoms with Gasteiger partial charge in [0, 0.05) is 25.0 Å².